The molecule has 3 heteroatoms. The lowest BCUT2D eigenvalue weighted by atomic mass is 9.75. The first-order valence-electron chi connectivity index (χ1n) is 7.37. The van der Waals surface area contributed by atoms with E-state index in [1.807, 2.05) is 6.07 Å². The van der Waals surface area contributed by atoms with Gasteiger partial charge in [-0.15, -0.1) is 11.6 Å². The standard InChI is InChI=1S/C16H21ClFN/c17-10-14-9-15(18)5-6-16(14)19-8-7-12-3-1-2-4-13(12)11-19/h5-6,9,12-13H,1-4,7-8,10-11H2. The smallest absolute Gasteiger partial charge is 0.123 e. The number of rotatable bonds is 2. The molecule has 3 rings (SSSR count). The van der Waals surface area contributed by atoms with Crippen LogP contribution in [0.15, 0.2) is 18.2 Å². The van der Waals surface area contributed by atoms with Gasteiger partial charge >= 0.3 is 0 Å². The molecule has 1 aliphatic heterocycles. The van der Waals surface area contributed by atoms with Gasteiger partial charge in [-0.25, -0.2) is 4.39 Å². The molecule has 19 heavy (non-hydrogen) atoms. The van der Waals surface area contributed by atoms with Crippen LogP contribution in [-0.2, 0) is 5.88 Å². The zero-order chi connectivity index (χ0) is 13.2. The molecule has 2 atom stereocenters. The van der Waals surface area contributed by atoms with Gasteiger partial charge in [0.1, 0.15) is 5.82 Å². The minimum atomic E-state index is -0.188. The maximum absolute atomic E-state index is 13.3. The Labute approximate surface area is 119 Å². The van der Waals surface area contributed by atoms with E-state index in [9.17, 15) is 4.39 Å². The number of piperidine rings is 1. The predicted molar refractivity (Wildman–Crippen MR) is 78.2 cm³/mol. The Morgan fingerprint density at radius 2 is 1.95 bits per heavy atom. The summed E-state index contributed by atoms with van der Waals surface area (Å²) in [5, 5.41) is 0. The van der Waals surface area contributed by atoms with E-state index < -0.39 is 0 Å². The summed E-state index contributed by atoms with van der Waals surface area (Å²) in [6, 6.07) is 5.03. The molecule has 1 aromatic carbocycles. The summed E-state index contributed by atoms with van der Waals surface area (Å²) in [6.07, 6.45) is 6.83. The highest BCUT2D eigenvalue weighted by atomic mass is 35.5. The molecule has 0 radical (unpaired) electrons. The number of nitrogens with zero attached hydrogens (tertiary/aromatic N) is 1. The van der Waals surface area contributed by atoms with Gasteiger partial charge in [-0.05, 0) is 48.4 Å². The fourth-order valence-electron chi connectivity index (χ4n) is 3.79. The molecule has 1 nitrogen and oxygen atoms in total. The lowest BCUT2D eigenvalue weighted by Gasteiger charge is -2.42. The average Bonchev–Trinajstić information content (AvgIpc) is 2.46. The van der Waals surface area contributed by atoms with Gasteiger partial charge in [0.15, 0.2) is 0 Å². The van der Waals surface area contributed by atoms with Gasteiger partial charge in [-0.2, -0.15) is 0 Å². The summed E-state index contributed by atoms with van der Waals surface area (Å²) >= 11 is 5.97. The van der Waals surface area contributed by atoms with Crippen molar-refractivity contribution in [3.63, 3.8) is 0 Å². The van der Waals surface area contributed by atoms with Crippen LogP contribution in [-0.4, -0.2) is 13.1 Å². The third-order valence-corrected chi connectivity index (χ3v) is 5.11. The van der Waals surface area contributed by atoms with E-state index in [0.717, 1.165) is 36.2 Å². The number of alkyl halides is 1. The first kappa shape index (κ1) is 13.2. The molecule has 0 aromatic heterocycles. The van der Waals surface area contributed by atoms with Crippen LogP contribution in [0.2, 0.25) is 0 Å². The Kier molecular flexibility index (Phi) is 3.97. The van der Waals surface area contributed by atoms with Crippen LogP contribution in [0.3, 0.4) is 0 Å². The number of anilines is 1. The second-order valence-electron chi connectivity index (χ2n) is 5.95. The van der Waals surface area contributed by atoms with Crippen LogP contribution < -0.4 is 4.90 Å². The van der Waals surface area contributed by atoms with E-state index in [1.54, 1.807) is 12.1 Å². The highest BCUT2D eigenvalue weighted by Crippen LogP contribution is 2.38. The summed E-state index contributed by atoms with van der Waals surface area (Å²) in [7, 11) is 0. The molecule has 1 aliphatic carbocycles. The van der Waals surface area contributed by atoms with Crippen molar-refractivity contribution < 1.29 is 4.39 Å². The van der Waals surface area contributed by atoms with Crippen LogP contribution in [0.4, 0.5) is 10.1 Å². The molecule has 0 bridgehead atoms. The highest BCUT2D eigenvalue weighted by Gasteiger charge is 2.31. The molecule has 2 fully saturated rings. The Balaban J connectivity index is 1.79. The van der Waals surface area contributed by atoms with Crippen LogP contribution in [0.1, 0.15) is 37.7 Å². The molecule has 1 aromatic rings. The van der Waals surface area contributed by atoms with Gasteiger partial charge < -0.3 is 4.90 Å². The van der Waals surface area contributed by atoms with Gasteiger partial charge in [-0.3, -0.25) is 0 Å². The molecule has 1 heterocycles. The maximum Gasteiger partial charge on any atom is 0.123 e. The second-order valence-corrected chi connectivity index (χ2v) is 6.21. The van der Waals surface area contributed by atoms with Crippen molar-refractivity contribution in [2.24, 2.45) is 11.8 Å². The van der Waals surface area contributed by atoms with E-state index in [2.05, 4.69) is 4.90 Å². The zero-order valence-corrected chi connectivity index (χ0v) is 12.0. The largest absolute Gasteiger partial charge is 0.371 e. The first-order chi connectivity index (χ1) is 9.28. The molecule has 0 amide bonds. The van der Waals surface area contributed by atoms with E-state index in [-0.39, 0.29) is 5.82 Å². The van der Waals surface area contributed by atoms with Crippen LogP contribution in [0.25, 0.3) is 0 Å². The Bertz CT molecular complexity index is 448. The molecule has 2 aliphatic rings. The van der Waals surface area contributed by atoms with Gasteiger partial charge in [0.2, 0.25) is 0 Å². The van der Waals surface area contributed by atoms with E-state index in [4.69, 9.17) is 11.6 Å². The lowest BCUT2D eigenvalue weighted by Crippen LogP contribution is -2.42. The fourth-order valence-corrected chi connectivity index (χ4v) is 4.00. The summed E-state index contributed by atoms with van der Waals surface area (Å²) in [6.45, 7) is 2.22. The minimum Gasteiger partial charge on any atom is -0.371 e. The minimum absolute atomic E-state index is 0.188. The fraction of sp³-hybridized carbons (Fsp3) is 0.625. The molecule has 1 saturated carbocycles. The van der Waals surface area contributed by atoms with Gasteiger partial charge in [0.05, 0.1) is 0 Å². The SMILES string of the molecule is Fc1ccc(N2CCC3CCCCC3C2)c(CCl)c1. The molecule has 104 valence electrons. The van der Waals surface area contributed by atoms with Gasteiger partial charge in [0.25, 0.3) is 0 Å². The number of hydrogen-bond donors (Lipinski definition) is 0. The first-order valence-corrected chi connectivity index (χ1v) is 7.90. The van der Waals surface area contributed by atoms with E-state index in [0.29, 0.717) is 5.88 Å². The van der Waals surface area contributed by atoms with Crippen LogP contribution >= 0.6 is 11.6 Å². The van der Waals surface area contributed by atoms with Crippen molar-refractivity contribution in [1.29, 1.82) is 0 Å². The van der Waals surface area contributed by atoms with Crippen molar-refractivity contribution in [3.05, 3.63) is 29.6 Å². The van der Waals surface area contributed by atoms with Crippen LogP contribution in [0, 0.1) is 17.7 Å². The van der Waals surface area contributed by atoms with Crippen molar-refractivity contribution in [1.82, 2.24) is 0 Å². The average molecular weight is 282 g/mol. The number of halogens is 2. The monoisotopic (exact) mass is 281 g/mol. The summed E-state index contributed by atoms with van der Waals surface area (Å²) in [4.78, 5) is 2.42. The summed E-state index contributed by atoms with van der Waals surface area (Å²) < 4.78 is 13.3. The van der Waals surface area contributed by atoms with Crippen molar-refractivity contribution >= 4 is 17.3 Å². The molecule has 2 unspecified atom stereocenters. The Morgan fingerprint density at radius 1 is 1.16 bits per heavy atom. The highest BCUT2D eigenvalue weighted by molar-refractivity contribution is 6.17. The third-order valence-electron chi connectivity index (χ3n) is 4.82. The third kappa shape index (κ3) is 2.74. The zero-order valence-electron chi connectivity index (χ0n) is 11.2. The summed E-state index contributed by atoms with van der Waals surface area (Å²) in [5.74, 6) is 1.95. The quantitative estimate of drug-likeness (QED) is 0.717. The van der Waals surface area contributed by atoms with Crippen molar-refractivity contribution in [3.8, 4) is 0 Å². The van der Waals surface area contributed by atoms with Gasteiger partial charge in [-0.1, -0.05) is 19.3 Å². The predicted octanol–water partition coefficient (Wildman–Crippen LogP) is 4.58. The van der Waals surface area contributed by atoms with Gasteiger partial charge in [0, 0.05) is 24.7 Å². The van der Waals surface area contributed by atoms with E-state index in [1.165, 1.54) is 32.1 Å². The summed E-state index contributed by atoms with van der Waals surface area (Å²) in [5.41, 5.74) is 2.07. The molecule has 0 N–H and O–H groups in total. The normalized spacial score (nSPS) is 27.2. The van der Waals surface area contributed by atoms with Crippen molar-refractivity contribution in [2.45, 2.75) is 38.0 Å². The second kappa shape index (κ2) is 5.70. The number of fused-ring (bicyclic) bond motifs is 1. The van der Waals surface area contributed by atoms with Crippen molar-refractivity contribution in [2.75, 3.05) is 18.0 Å². The van der Waals surface area contributed by atoms with Crippen LogP contribution in [0.5, 0.6) is 0 Å². The maximum atomic E-state index is 13.3. The van der Waals surface area contributed by atoms with E-state index >= 15 is 0 Å². The molecular weight excluding hydrogens is 261 g/mol. The Morgan fingerprint density at radius 3 is 2.74 bits per heavy atom. The molecule has 0 spiro atoms. The molecular formula is C16H21ClFN. The molecule has 1 saturated heterocycles. The lowest BCUT2D eigenvalue weighted by molar-refractivity contribution is 0.202. The number of hydrogen-bond acceptors (Lipinski definition) is 1. The number of benzene rings is 1. The topological polar surface area (TPSA) is 3.24 Å². The Hall–Kier alpha value is -0.760.